The lowest BCUT2D eigenvalue weighted by atomic mass is 10.1. The molecule has 0 aliphatic rings. The Morgan fingerprint density at radius 1 is 1.17 bits per heavy atom. The van der Waals surface area contributed by atoms with E-state index in [-0.39, 0.29) is 22.0 Å². The lowest BCUT2D eigenvalue weighted by molar-refractivity contribution is 0.0699. The van der Waals surface area contributed by atoms with Crippen LogP contribution in [0.2, 0.25) is 10.0 Å². The van der Waals surface area contributed by atoms with Gasteiger partial charge in [0, 0.05) is 6.42 Å². The Bertz CT molecular complexity index is 983. The van der Waals surface area contributed by atoms with Gasteiger partial charge in [-0.05, 0) is 29.8 Å². The van der Waals surface area contributed by atoms with Crippen LogP contribution < -0.4 is 5.56 Å². The van der Waals surface area contributed by atoms with Crippen LogP contribution in [-0.4, -0.2) is 21.0 Å². The molecule has 1 heterocycles. The zero-order valence-corrected chi connectivity index (χ0v) is 13.1. The van der Waals surface area contributed by atoms with Crippen molar-refractivity contribution in [3.05, 3.63) is 73.7 Å². The molecule has 0 unspecified atom stereocenters. The van der Waals surface area contributed by atoms with Crippen molar-refractivity contribution in [1.29, 1.82) is 0 Å². The number of nitrogens with zero attached hydrogens (tertiary/aromatic N) is 1. The number of aromatic nitrogens is 2. The van der Waals surface area contributed by atoms with Gasteiger partial charge < -0.3 is 10.1 Å². The Morgan fingerprint density at radius 2 is 1.96 bits per heavy atom. The van der Waals surface area contributed by atoms with Crippen molar-refractivity contribution < 1.29 is 9.90 Å². The zero-order chi connectivity index (χ0) is 16.6. The average Bonchev–Trinajstić information content (AvgIpc) is 2.50. The number of hydrogen-bond acceptors (Lipinski definition) is 3. The second kappa shape index (κ2) is 6.02. The van der Waals surface area contributed by atoms with E-state index in [1.54, 1.807) is 18.2 Å². The van der Waals surface area contributed by atoms with Crippen LogP contribution in [0.1, 0.15) is 21.7 Å². The third-order valence-corrected chi connectivity index (χ3v) is 4.11. The minimum Gasteiger partial charge on any atom is -0.478 e. The summed E-state index contributed by atoms with van der Waals surface area (Å²) in [5, 5.41) is 10.3. The number of hydrogen-bond donors (Lipinski definition) is 2. The predicted molar refractivity (Wildman–Crippen MR) is 88.6 cm³/mol. The van der Waals surface area contributed by atoms with Crippen molar-refractivity contribution in [2.45, 2.75) is 6.42 Å². The number of benzene rings is 2. The van der Waals surface area contributed by atoms with Gasteiger partial charge in [0.2, 0.25) is 0 Å². The Balaban J connectivity index is 2.11. The molecular weight excluding hydrogens is 339 g/mol. The van der Waals surface area contributed by atoms with E-state index in [9.17, 15) is 14.7 Å². The number of rotatable bonds is 3. The highest BCUT2D eigenvalue weighted by atomic mass is 35.5. The van der Waals surface area contributed by atoms with Crippen molar-refractivity contribution >= 4 is 40.1 Å². The molecule has 0 spiro atoms. The molecule has 0 saturated heterocycles. The molecule has 0 atom stereocenters. The van der Waals surface area contributed by atoms with E-state index in [0.717, 1.165) is 5.56 Å². The summed E-state index contributed by atoms with van der Waals surface area (Å²) in [4.78, 5) is 30.4. The van der Waals surface area contributed by atoms with Crippen LogP contribution in [0.5, 0.6) is 0 Å². The van der Waals surface area contributed by atoms with Gasteiger partial charge in [-0.1, -0.05) is 35.3 Å². The van der Waals surface area contributed by atoms with Crippen molar-refractivity contribution in [3.63, 3.8) is 0 Å². The largest absolute Gasteiger partial charge is 0.478 e. The number of aromatic carboxylic acids is 1. The van der Waals surface area contributed by atoms with Gasteiger partial charge in [-0.3, -0.25) is 4.79 Å². The molecule has 0 saturated carbocycles. The maximum atomic E-state index is 12.1. The van der Waals surface area contributed by atoms with Gasteiger partial charge in [0.15, 0.2) is 0 Å². The van der Waals surface area contributed by atoms with E-state index >= 15 is 0 Å². The fraction of sp³-hybridized carbons (Fsp3) is 0.0625. The number of aromatic amines is 1. The Morgan fingerprint density at radius 3 is 2.65 bits per heavy atom. The van der Waals surface area contributed by atoms with Crippen LogP contribution in [0.4, 0.5) is 0 Å². The molecule has 0 amide bonds. The summed E-state index contributed by atoms with van der Waals surface area (Å²) >= 11 is 11.8. The minimum atomic E-state index is -1.13. The first-order valence-electron chi connectivity index (χ1n) is 6.65. The van der Waals surface area contributed by atoms with Crippen molar-refractivity contribution in [1.82, 2.24) is 9.97 Å². The van der Waals surface area contributed by atoms with E-state index in [2.05, 4.69) is 9.97 Å². The first-order chi connectivity index (χ1) is 11.0. The number of nitrogens with one attached hydrogen (secondary N) is 1. The first-order valence-corrected chi connectivity index (χ1v) is 7.40. The maximum Gasteiger partial charge on any atom is 0.337 e. The Labute approximate surface area is 140 Å². The lowest BCUT2D eigenvalue weighted by Crippen LogP contribution is -2.14. The summed E-state index contributed by atoms with van der Waals surface area (Å²) < 4.78 is 0. The number of carboxylic acid groups (broad SMARTS) is 1. The molecule has 116 valence electrons. The smallest absolute Gasteiger partial charge is 0.337 e. The highest BCUT2D eigenvalue weighted by Crippen LogP contribution is 2.23. The number of H-pyrrole nitrogens is 1. The summed E-state index contributed by atoms with van der Waals surface area (Å²) in [6.45, 7) is 0. The van der Waals surface area contributed by atoms with E-state index in [1.165, 1.54) is 18.2 Å². The van der Waals surface area contributed by atoms with Gasteiger partial charge in [-0.15, -0.1) is 0 Å². The van der Waals surface area contributed by atoms with Gasteiger partial charge in [0.05, 0.1) is 26.5 Å². The monoisotopic (exact) mass is 348 g/mol. The highest BCUT2D eigenvalue weighted by molar-refractivity contribution is 6.42. The van der Waals surface area contributed by atoms with Gasteiger partial charge in [0.1, 0.15) is 5.82 Å². The topological polar surface area (TPSA) is 83.0 Å². The molecule has 7 heteroatoms. The van der Waals surface area contributed by atoms with Crippen molar-refractivity contribution in [2.24, 2.45) is 0 Å². The summed E-state index contributed by atoms with van der Waals surface area (Å²) in [6, 6.07) is 9.57. The van der Waals surface area contributed by atoms with Gasteiger partial charge >= 0.3 is 5.97 Å². The number of carbonyl (C=O) groups is 1. The third kappa shape index (κ3) is 3.06. The molecule has 3 aromatic rings. The molecular formula is C16H10Cl2N2O3. The molecule has 1 aromatic heterocycles. The summed E-state index contributed by atoms with van der Waals surface area (Å²) in [6.07, 6.45) is 0.302. The molecule has 2 aromatic carbocycles. The molecule has 2 N–H and O–H groups in total. The molecule has 0 aliphatic carbocycles. The van der Waals surface area contributed by atoms with Gasteiger partial charge in [-0.25, -0.2) is 9.78 Å². The molecule has 0 radical (unpaired) electrons. The van der Waals surface area contributed by atoms with E-state index in [1.807, 2.05) is 0 Å². The van der Waals surface area contributed by atoms with Crippen molar-refractivity contribution in [2.75, 3.05) is 0 Å². The van der Waals surface area contributed by atoms with Crippen molar-refractivity contribution in [3.8, 4) is 0 Å². The van der Waals surface area contributed by atoms with E-state index in [4.69, 9.17) is 23.2 Å². The summed E-state index contributed by atoms with van der Waals surface area (Å²) in [5.74, 6) is -0.774. The van der Waals surface area contributed by atoms with Crippen LogP contribution in [0.15, 0.2) is 41.2 Å². The molecule has 5 nitrogen and oxygen atoms in total. The number of fused-ring (bicyclic) bond motifs is 1. The average molecular weight is 349 g/mol. The first kappa shape index (κ1) is 15.5. The highest BCUT2D eigenvalue weighted by Gasteiger charge is 2.13. The van der Waals surface area contributed by atoms with E-state index in [0.29, 0.717) is 22.3 Å². The van der Waals surface area contributed by atoms with Gasteiger partial charge in [-0.2, -0.15) is 0 Å². The van der Waals surface area contributed by atoms with Crippen LogP contribution in [0.3, 0.4) is 0 Å². The normalized spacial score (nSPS) is 10.9. The molecule has 0 bridgehead atoms. The van der Waals surface area contributed by atoms with Crippen LogP contribution in [-0.2, 0) is 6.42 Å². The zero-order valence-electron chi connectivity index (χ0n) is 11.6. The fourth-order valence-electron chi connectivity index (χ4n) is 2.31. The molecule has 0 fully saturated rings. The van der Waals surface area contributed by atoms with E-state index < -0.39 is 5.97 Å². The Hall–Kier alpha value is -2.37. The maximum absolute atomic E-state index is 12.1. The standard InChI is InChI=1S/C16H10Cl2N2O3/c17-11-5-4-8(6-12(11)18)7-13-19-14-9(15(21)20-13)2-1-3-10(14)16(22)23/h1-6H,7H2,(H,22,23)(H,19,20,21). The summed E-state index contributed by atoms with van der Waals surface area (Å²) in [5.41, 5.74) is 0.575. The predicted octanol–water partition coefficient (Wildman–Crippen LogP) is 3.52. The number of carboxylic acids is 1. The van der Waals surface area contributed by atoms with Crippen LogP contribution in [0, 0.1) is 0 Å². The SMILES string of the molecule is O=C(O)c1cccc2c(=O)[nH]c(Cc3ccc(Cl)c(Cl)c3)nc12. The van der Waals surface area contributed by atoms with Gasteiger partial charge in [0.25, 0.3) is 5.56 Å². The third-order valence-electron chi connectivity index (χ3n) is 3.37. The molecule has 23 heavy (non-hydrogen) atoms. The fourth-order valence-corrected chi connectivity index (χ4v) is 2.63. The molecule has 0 aliphatic heterocycles. The van der Waals surface area contributed by atoms with Crippen LogP contribution in [0.25, 0.3) is 10.9 Å². The molecule has 3 rings (SSSR count). The number of halogens is 2. The summed E-state index contributed by atoms with van der Waals surface area (Å²) in [7, 11) is 0. The van der Waals surface area contributed by atoms with Crippen LogP contribution >= 0.6 is 23.2 Å². The lowest BCUT2D eigenvalue weighted by Gasteiger charge is -2.06. The minimum absolute atomic E-state index is 0.0102. The second-order valence-corrected chi connectivity index (χ2v) is 5.76. The number of para-hydroxylation sites is 1. The second-order valence-electron chi connectivity index (χ2n) is 4.94. The Kier molecular flexibility index (Phi) is 4.07. The quantitative estimate of drug-likeness (QED) is 0.758.